The average molecular weight is 539 g/mol. The second-order valence-electron chi connectivity index (χ2n) is 8.88. The van der Waals surface area contributed by atoms with Gasteiger partial charge in [0.1, 0.15) is 18.9 Å². The number of ether oxygens (including phenoxy) is 3. The number of hydrogen-bond donors (Lipinski definition) is 1. The molecular weight excluding hydrogens is 516 g/mol. The summed E-state index contributed by atoms with van der Waals surface area (Å²) >= 11 is 0.800. The second kappa shape index (κ2) is 10.5. The highest BCUT2D eigenvalue weighted by Crippen LogP contribution is 2.35. The fourth-order valence-electron chi connectivity index (χ4n) is 4.38. The Hall–Kier alpha value is -4.76. The van der Waals surface area contributed by atoms with Crippen LogP contribution in [0.5, 0.6) is 17.2 Å². The molecule has 2 heterocycles. The van der Waals surface area contributed by atoms with Crippen LogP contribution in [-0.2, 0) is 16.2 Å². The van der Waals surface area contributed by atoms with Crippen LogP contribution in [0.3, 0.4) is 0 Å². The Morgan fingerprint density at radius 3 is 2.69 bits per heavy atom. The summed E-state index contributed by atoms with van der Waals surface area (Å²) in [5, 5.41) is 4.46. The molecule has 3 amide bonds. The molecule has 0 spiro atoms. The van der Waals surface area contributed by atoms with Gasteiger partial charge < -0.3 is 19.5 Å². The average Bonchev–Trinajstić information content (AvgIpc) is 3.51. The van der Waals surface area contributed by atoms with Crippen molar-refractivity contribution in [3.8, 4) is 17.2 Å². The van der Waals surface area contributed by atoms with Crippen molar-refractivity contribution in [1.29, 1.82) is 0 Å². The SMILES string of the molecule is O=C(CN1C(=O)S/C(=C/c2cccc(OCc3cccc4ccccc34)c2)C1=O)Nc1ccc2c(c1)OCO2. The molecule has 0 atom stereocenters. The normalized spacial score (nSPS) is 15.3. The topological polar surface area (TPSA) is 94.2 Å². The molecule has 9 heteroatoms. The number of hydrogen-bond acceptors (Lipinski definition) is 7. The van der Waals surface area contributed by atoms with E-state index in [1.165, 1.54) is 0 Å². The molecule has 0 aromatic heterocycles. The van der Waals surface area contributed by atoms with Crippen LogP contribution in [0.15, 0.2) is 89.8 Å². The molecular formula is C30H22N2O6S. The van der Waals surface area contributed by atoms with Crippen molar-refractivity contribution in [2.24, 2.45) is 0 Å². The maximum absolute atomic E-state index is 12.9. The lowest BCUT2D eigenvalue weighted by Gasteiger charge is -2.12. The highest BCUT2D eigenvalue weighted by molar-refractivity contribution is 8.18. The molecule has 1 saturated heterocycles. The third kappa shape index (κ3) is 5.30. The number of carbonyl (C=O) groups excluding carboxylic acids is 3. The van der Waals surface area contributed by atoms with Crippen LogP contribution in [0.4, 0.5) is 10.5 Å². The molecule has 0 bridgehead atoms. The van der Waals surface area contributed by atoms with Crippen LogP contribution in [0.2, 0.25) is 0 Å². The van der Waals surface area contributed by atoms with Crippen LogP contribution < -0.4 is 19.5 Å². The van der Waals surface area contributed by atoms with E-state index < -0.39 is 23.6 Å². The van der Waals surface area contributed by atoms with Crippen molar-refractivity contribution in [3.63, 3.8) is 0 Å². The zero-order valence-corrected chi connectivity index (χ0v) is 21.4. The highest BCUT2D eigenvalue weighted by atomic mass is 32.2. The summed E-state index contributed by atoms with van der Waals surface area (Å²) in [6, 6.07) is 26.5. The molecule has 2 aliphatic heterocycles. The third-order valence-corrected chi connectivity index (χ3v) is 7.17. The van der Waals surface area contributed by atoms with Crippen LogP contribution in [0, 0.1) is 0 Å². The van der Waals surface area contributed by atoms with E-state index in [4.69, 9.17) is 14.2 Å². The standard InChI is InChI=1S/C30H22N2O6S/c33-28(31-22-11-12-25-26(15-22)38-18-37-25)16-32-29(34)27(39-30(32)35)14-19-5-3-9-23(13-19)36-17-21-8-4-7-20-6-1-2-10-24(20)21/h1-15H,16-18H2,(H,31,33)/b27-14+. The summed E-state index contributed by atoms with van der Waals surface area (Å²) < 4.78 is 16.6. The van der Waals surface area contributed by atoms with Gasteiger partial charge in [0, 0.05) is 11.8 Å². The van der Waals surface area contributed by atoms with Gasteiger partial charge in [-0.1, -0.05) is 54.6 Å². The molecule has 8 nitrogen and oxygen atoms in total. The second-order valence-corrected chi connectivity index (χ2v) is 9.88. The van der Waals surface area contributed by atoms with E-state index in [9.17, 15) is 14.4 Å². The molecule has 1 N–H and O–H groups in total. The van der Waals surface area contributed by atoms with Crippen molar-refractivity contribution < 1.29 is 28.6 Å². The summed E-state index contributed by atoms with van der Waals surface area (Å²) in [5.41, 5.74) is 2.26. The minimum atomic E-state index is -0.520. The monoisotopic (exact) mass is 538 g/mol. The van der Waals surface area contributed by atoms with Gasteiger partial charge >= 0.3 is 0 Å². The lowest BCUT2D eigenvalue weighted by molar-refractivity contribution is -0.127. The molecule has 39 heavy (non-hydrogen) atoms. The van der Waals surface area contributed by atoms with Gasteiger partial charge in [-0.3, -0.25) is 19.3 Å². The van der Waals surface area contributed by atoms with E-state index in [1.54, 1.807) is 24.3 Å². The van der Waals surface area contributed by atoms with Gasteiger partial charge in [0.15, 0.2) is 11.5 Å². The lowest BCUT2D eigenvalue weighted by Crippen LogP contribution is -2.36. The summed E-state index contributed by atoms with van der Waals surface area (Å²) in [4.78, 5) is 39.2. The Kier molecular flexibility index (Phi) is 6.64. The van der Waals surface area contributed by atoms with E-state index in [0.29, 0.717) is 35.1 Å². The van der Waals surface area contributed by atoms with Crippen LogP contribution in [0.25, 0.3) is 16.8 Å². The number of anilines is 1. The molecule has 4 aromatic rings. The van der Waals surface area contributed by atoms with Crippen molar-refractivity contribution in [2.45, 2.75) is 6.61 Å². The van der Waals surface area contributed by atoms with Gasteiger partial charge in [-0.2, -0.15) is 0 Å². The first-order valence-corrected chi connectivity index (χ1v) is 13.0. The Morgan fingerprint density at radius 2 is 1.77 bits per heavy atom. The smallest absolute Gasteiger partial charge is 0.294 e. The maximum Gasteiger partial charge on any atom is 0.294 e. The Labute approximate surface area is 228 Å². The first kappa shape index (κ1) is 24.6. The molecule has 6 rings (SSSR count). The van der Waals surface area contributed by atoms with E-state index >= 15 is 0 Å². The van der Waals surface area contributed by atoms with Gasteiger partial charge in [-0.15, -0.1) is 0 Å². The lowest BCUT2D eigenvalue weighted by atomic mass is 10.1. The third-order valence-electron chi connectivity index (χ3n) is 6.26. The van der Waals surface area contributed by atoms with E-state index in [2.05, 4.69) is 23.5 Å². The van der Waals surface area contributed by atoms with Gasteiger partial charge in [0.2, 0.25) is 12.7 Å². The predicted octanol–water partition coefficient (Wildman–Crippen LogP) is 5.82. The molecule has 0 unspecified atom stereocenters. The molecule has 1 fully saturated rings. The van der Waals surface area contributed by atoms with E-state index in [0.717, 1.165) is 33.0 Å². The fourth-order valence-corrected chi connectivity index (χ4v) is 5.22. The van der Waals surface area contributed by atoms with Crippen LogP contribution >= 0.6 is 11.8 Å². The number of rotatable bonds is 7. The van der Waals surface area contributed by atoms with Crippen LogP contribution in [0.1, 0.15) is 11.1 Å². The minimum Gasteiger partial charge on any atom is -0.489 e. The van der Waals surface area contributed by atoms with Gasteiger partial charge in [-0.05, 0) is 64.0 Å². The number of thioether (sulfide) groups is 1. The molecule has 0 saturated carbocycles. The van der Waals surface area contributed by atoms with Crippen molar-refractivity contribution >= 4 is 51.4 Å². The summed E-state index contributed by atoms with van der Waals surface area (Å²) in [5.74, 6) is 0.727. The minimum absolute atomic E-state index is 0.120. The largest absolute Gasteiger partial charge is 0.489 e. The van der Waals surface area contributed by atoms with Gasteiger partial charge in [0.05, 0.1) is 4.91 Å². The predicted molar refractivity (Wildman–Crippen MR) is 149 cm³/mol. The number of amides is 3. The van der Waals surface area contributed by atoms with E-state index in [1.807, 2.05) is 48.5 Å². The number of nitrogens with zero attached hydrogens (tertiary/aromatic N) is 1. The number of imide groups is 1. The zero-order valence-electron chi connectivity index (χ0n) is 20.6. The molecule has 4 aromatic carbocycles. The number of nitrogens with one attached hydrogen (secondary N) is 1. The van der Waals surface area contributed by atoms with Gasteiger partial charge in [0.25, 0.3) is 11.1 Å². The zero-order chi connectivity index (χ0) is 26.8. The first-order valence-electron chi connectivity index (χ1n) is 12.2. The highest BCUT2D eigenvalue weighted by Gasteiger charge is 2.36. The summed E-state index contributed by atoms with van der Waals surface area (Å²) in [6.07, 6.45) is 1.63. The Morgan fingerprint density at radius 1 is 0.949 bits per heavy atom. The molecule has 194 valence electrons. The van der Waals surface area contributed by atoms with Gasteiger partial charge in [-0.25, -0.2) is 0 Å². The van der Waals surface area contributed by atoms with E-state index in [-0.39, 0.29) is 11.7 Å². The molecule has 2 aliphatic rings. The first-order chi connectivity index (χ1) is 19.0. The number of benzene rings is 4. The quantitative estimate of drug-likeness (QED) is 0.296. The molecule has 0 radical (unpaired) electrons. The Balaban J connectivity index is 1.11. The molecule has 0 aliphatic carbocycles. The van der Waals surface area contributed by atoms with Crippen LogP contribution in [-0.4, -0.2) is 35.3 Å². The van der Waals surface area contributed by atoms with Crippen molar-refractivity contribution in [3.05, 3.63) is 101 Å². The Bertz CT molecular complexity index is 1640. The number of fused-ring (bicyclic) bond motifs is 2. The summed E-state index contributed by atoms with van der Waals surface area (Å²) in [7, 11) is 0. The van der Waals surface area contributed by atoms with Crippen molar-refractivity contribution in [2.75, 3.05) is 18.7 Å². The maximum atomic E-state index is 12.9. The summed E-state index contributed by atoms with van der Waals surface area (Å²) in [6.45, 7) is 0.111. The van der Waals surface area contributed by atoms with Crippen molar-refractivity contribution in [1.82, 2.24) is 4.90 Å². The number of carbonyl (C=O) groups is 3. The fraction of sp³-hybridized carbons (Fsp3) is 0.100.